The van der Waals surface area contributed by atoms with Gasteiger partial charge in [-0.2, -0.15) is 0 Å². The van der Waals surface area contributed by atoms with Crippen molar-refractivity contribution in [2.24, 2.45) is 5.92 Å². The number of ether oxygens (including phenoxy) is 2. The minimum Gasteiger partial charge on any atom is -0.389 e. The van der Waals surface area contributed by atoms with Crippen LogP contribution in [0.5, 0.6) is 0 Å². The fraction of sp³-hybridized carbons (Fsp3) is 0.593. The Bertz CT molecular complexity index is 912. The van der Waals surface area contributed by atoms with Gasteiger partial charge in [-0.15, -0.1) is 6.42 Å². The second-order valence-corrected chi connectivity index (χ2v) is 9.55. The molecule has 0 saturated carbocycles. The molecule has 0 aliphatic carbocycles. The molecule has 4 rings (SSSR count). The van der Waals surface area contributed by atoms with Gasteiger partial charge in [0.25, 0.3) is 0 Å². The lowest BCUT2D eigenvalue weighted by Crippen LogP contribution is -2.40. The molecule has 1 aromatic heterocycles. The first-order chi connectivity index (χ1) is 16.6. The van der Waals surface area contributed by atoms with Crippen LogP contribution in [0.15, 0.2) is 34.9 Å². The van der Waals surface area contributed by atoms with Crippen LogP contribution in [0.25, 0.3) is 11.3 Å². The normalized spacial score (nSPS) is 20.1. The van der Waals surface area contributed by atoms with Crippen molar-refractivity contribution in [3.05, 3.63) is 35.9 Å². The number of benzene rings is 1. The molecule has 0 amide bonds. The molecule has 2 atom stereocenters. The van der Waals surface area contributed by atoms with Crippen LogP contribution in [0.1, 0.15) is 38.2 Å². The van der Waals surface area contributed by atoms with Crippen molar-refractivity contribution >= 4 is 5.88 Å². The van der Waals surface area contributed by atoms with Crippen LogP contribution >= 0.6 is 0 Å². The van der Waals surface area contributed by atoms with Gasteiger partial charge in [0.05, 0.1) is 24.4 Å². The van der Waals surface area contributed by atoms with E-state index in [9.17, 15) is 5.11 Å². The van der Waals surface area contributed by atoms with Crippen LogP contribution in [-0.4, -0.2) is 73.4 Å². The summed E-state index contributed by atoms with van der Waals surface area (Å²) < 4.78 is 17.3. The van der Waals surface area contributed by atoms with E-state index in [1.54, 1.807) is 0 Å². The molecule has 7 heteroatoms. The highest BCUT2D eigenvalue weighted by atomic mass is 16.5. The summed E-state index contributed by atoms with van der Waals surface area (Å²) in [5.41, 5.74) is 2.97. The van der Waals surface area contributed by atoms with Crippen LogP contribution in [0.4, 0.5) is 5.88 Å². The number of piperidine rings is 1. The Morgan fingerprint density at radius 3 is 2.76 bits per heavy atom. The zero-order chi connectivity index (χ0) is 23.8. The maximum atomic E-state index is 10.7. The van der Waals surface area contributed by atoms with Gasteiger partial charge in [-0.3, -0.25) is 4.90 Å². The number of aliphatic hydroxyl groups excluding tert-OH is 1. The SMILES string of the molecule is C#CCOC[C@H](O)CN(Cc1c(-c2ccccc2)noc1N1CCC(C)CC1)C[C@H]1CCCO1. The molecule has 2 saturated heterocycles. The number of aliphatic hydroxyl groups is 1. The van der Waals surface area contributed by atoms with E-state index in [1.165, 1.54) is 0 Å². The van der Waals surface area contributed by atoms with Gasteiger partial charge in [0.15, 0.2) is 0 Å². The lowest BCUT2D eigenvalue weighted by atomic mass is 9.98. The summed E-state index contributed by atoms with van der Waals surface area (Å²) in [6, 6.07) is 10.2. The molecule has 0 bridgehead atoms. The quantitative estimate of drug-likeness (QED) is 0.400. The summed E-state index contributed by atoms with van der Waals surface area (Å²) in [6.07, 6.45) is 9.20. The van der Waals surface area contributed by atoms with Gasteiger partial charge in [0.1, 0.15) is 12.3 Å². The molecule has 2 aromatic rings. The number of nitrogens with zero attached hydrogens (tertiary/aromatic N) is 3. The van der Waals surface area contributed by atoms with E-state index < -0.39 is 6.10 Å². The molecule has 1 aromatic carbocycles. The van der Waals surface area contributed by atoms with Gasteiger partial charge in [0.2, 0.25) is 5.88 Å². The zero-order valence-electron chi connectivity index (χ0n) is 20.2. The maximum Gasteiger partial charge on any atom is 0.232 e. The summed E-state index contributed by atoms with van der Waals surface area (Å²) in [5, 5.41) is 15.2. The number of aromatic nitrogens is 1. The molecule has 0 radical (unpaired) electrons. The second kappa shape index (κ2) is 12.4. The van der Waals surface area contributed by atoms with Gasteiger partial charge in [-0.25, -0.2) is 0 Å². The predicted octanol–water partition coefficient (Wildman–Crippen LogP) is 3.57. The van der Waals surface area contributed by atoms with Crippen molar-refractivity contribution in [1.29, 1.82) is 0 Å². The lowest BCUT2D eigenvalue weighted by Gasteiger charge is -2.32. The van der Waals surface area contributed by atoms with E-state index in [-0.39, 0.29) is 19.3 Å². The molecular weight excluding hydrogens is 430 g/mol. The third-order valence-corrected chi connectivity index (χ3v) is 6.72. The number of anilines is 1. The standard InChI is InChI=1S/C27H37N3O4/c1-3-15-32-20-23(31)17-29(18-24-10-7-16-33-24)19-25-26(22-8-5-4-6-9-22)28-34-27(25)30-13-11-21(2)12-14-30/h1,4-6,8-9,21,23-24,31H,7,10-20H2,2H3/t23-,24-/m1/s1. The minimum absolute atomic E-state index is 0.165. The minimum atomic E-state index is -0.644. The van der Waals surface area contributed by atoms with Gasteiger partial charge in [-0.05, 0) is 31.6 Å². The molecular formula is C27H37N3O4. The third kappa shape index (κ3) is 6.61. The van der Waals surface area contributed by atoms with Crippen LogP contribution in [0, 0.1) is 18.3 Å². The maximum absolute atomic E-state index is 10.7. The second-order valence-electron chi connectivity index (χ2n) is 9.55. The smallest absolute Gasteiger partial charge is 0.232 e. The average Bonchev–Trinajstić information content (AvgIpc) is 3.50. The van der Waals surface area contributed by atoms with Gasteiger partial charge in [0, 0.05) is 44.9 Å². The zero-order valence-corrected chi connectivity index (χ0v) is 20.2. The Hall–Kier alpha value is -2.37. The molecule has 0 spiro atoms. The highest BCUT2D eigenvalue weighted by molar-refractivity contribution is 5.68. The van der Waals surface area contributed by atoms with E-state index in [4.69, 9.17) is 20.4 Å². The Labute approximate surface area is 203 Å². The van der Waals surface area contributed by atoms with E-state index >= 15 is 0 Å². The number of terminal acetylenes is 1. The van der Waals surface area contributed by atoms with Crippen molar-refractivity contribution in [1.82, 2.24) is 10.1 Å². The topological polar surface area (TPSA) is 71.2 Å². The molecule has 2 fully saturated rings. The van der Waals surface area contributed by atoms with Crippen molar-refractivity contribution in [3.8, 4) is 23.6 Å². The molecule has 2 aliphatic heterocycles. The first-order valence-corrected chi connectivity index (χ1v) is 12.5. The van der Waals surface area contributed by atoms with E-state index in [2.05, 4.69) is 39.9 Å². The number of rotatable bonds is 11. The first kappa shape index (κ1) is 24.7. The molecule has 34 heavy (non-hydrogen) atoms. The highest BCUT2D eigenvalue weighted by Gasteiger charge is 2.29. The predicted molar refractivity (Wildman–Crippen MR) is 132 cm³/mol. The van der Waals surface area contributed by atoms with Gasteiger partial charge in [-0.1, -0.05) is 48.3 Å². The van der Waals surface area contributed by atoms with Crippen molar-refractivity contribution in [2.75, 3.05) is 50.9 Å². The Balaban J connectivity index is 1.58. The summed E-state index contributed by atoms with van der Waals surface area (Å²) in [5.74, 6) is 4.03. The summed E-state index contributed by atoms with van der Waals surface area (Å²) in [7, 11) is 0. The fourth-order valence-electron chi connectivity index (χ4n) is 4.83. The van der Waals surface area contributed by atoms with Crippen LogP contribution in [-0.2, 0) is 16.0 Å². The fourth-order valence-corrected chi connectivity index (χ4v) is 4.83. The van der Waals surface area contributed by atoms with Crippen LogP contribution in [0.3, 0.4) is 0 Å². The molecule has 1 N–H and O–H groups in total. The number of hydrogen-bond donors (Lipinski definition) is 1. The first-order valence-electron chi connectivity index (χ1n) is 12.5. The van der Waals surface area contributed by atoms with Crippen molar-refractivity contribution < 1.29 is 19.1 Å². The lowest BCUT2D eigenvalue weighted by molar-refractivity contribution is 0.00958. The van der Waals surface area contributed by atoms with Gasteiger partial charge < -0.3 is 24.0 Å². The monoisotopic (exact) mass is 467 g/mol. The molecule has 0 unspecified atom stereocenters. The van der Waals surface area contributed by atoms with Gasteiger partial charge >= 0.3 is 0 Å². The van der Waals surface area contributed by atoms with Crippen LogP contribution in [0.2, 0.25) is 0 Å². The van der Waals surface area contributed by atoms with Crippen molar-refractivity contribution in [3.63, 3.8) is 0 Å². The Morgan fingerprint density at radius 1 is 1.26 bits per heavy atom. The van der Waals surface area contributed by atoms with E-state index in [1.807, 2.05) is 18.2 Å². The van der Waals surface area contributed by atoms with E-state index in [0.717, 1.165) is 80.5 Å². The highest BCUT2D eigenvalue weighted by Crippen LogP contribution is 2.34. The molecule has 184 valence electrons. The van der Waals surface area contributed by atoms with E-state index in [0.29, 0.717) is 13.1 Å². The number of hydrogen-bond acceptors (Lipinski definition) is 7. The summed E-state index contributed by atoms with van der Waals surface area (Å²) >= 11 is 0. The molecule has 2 aliphatic rings. The van der Waals surface area contributed by atoms with Crippen LogP contribution < -0.4 is 4.90 Å². The Morgan fingerprint density at radius 2 is 2.06 bits per heavy atom. The largest absolute Gasteiger partial charge is 0.389 e. The Kier molecular flexibility index (Phi) is 9.00. The third-order valence-electron chi connectivity index (χ3n) is 6.72. The summed E-state index contributed by atoms with van der Waals surface area (Å²) in [4.78, 5) is 4.57. The summed E-state index contributed by atoms with van der Waals surface area (Å²) in [6.45, 7) is 7.25. The molecule has 3 heterocycles. The molecule has 7 nitrogen and oxygen atoms in total. The average molecular weight is 468 g/mol. The van der Waals surface area contributed by atoms with Crippen molar-refractivity contribution in [2.45, 2.75) is 51.4 Å².